The van der Waals surface area contributed by atoms with Crippen LogP contribution >= 0.6 is 0 Å². The van der Waals surface area contributed by atoms with Crippen molar-refractivity contribution in [2.45, 2.75) is 6.42 Å². The number of ether oxygens (including phenoxy) is 1. The Hall–Kier alpha value is -3.53. The fraction of sp³-hybridized carbons (Fsp3) is 0.188. The first kappa shape index (κ1) is 16.0. The number of aromatic amines is 1. The third-order valence-corrected chi connectivity index (χ3v) is 3.87. The van der Waals surface area contributed by atoms with Crippen LogP contribution in [0.3, 0.4) is 0 Å². The minimum atomic E-state index is -0.500. The van der Waals surface area contributed by atoms with E-state index in [1.165, 1.54) is 6.33 Å². The lowest BCUT2D eigenvalue weighted by Crippen LogP contribution is -2.13. The fourth-order valence-corrected chi connectivity index (χ4v) is 2.60. The van der Waals surface area contributed by atoms with E-state index in [0.717, 1.165) is 12.0 Å². The molecule has 10 nitrogen and oxygen atoms in total. The van der Waals surface area contributed by atoms with E-state index in [1.807, 2.05) is 12.1 Å². The Morgan fingerprint density at radius 1 is 1.38 bits per heavy atom. The molecule has 4 aromatic rings. The molecule has 0 radical (unpaired) electrons. The van der Waals surface area contributed by atoms with Crippen molar-refractivity contribution < 1.29 is 13.9 Å². The largest absolute Gasteiger partial charge is 0.423 e. The lowest BCUT2D eigenvalue weighted by Gasteiger charge is -1.99. The van der Waals surface area contributed by atoms with Crippen molar-refractivity contribution in [2.75, 3.05) is 24.8 Å². The standard InChI is InChI=1S/C16H15N7O3/c1-25-5-4-8-2-3-10-9(6-8)20-16(26-10)21-15(24)12-11-13(17)18-7-19-14(11)23-22-12/h2-3,6-7H,4-5H2,1H3,(H,20,21,24)(H3,17,18,19,22,23). The summed E-state index contributed by atoms with van der Waals surface area (Å²) < 4.78 is 10.6. The number of H-pyrrole nitrogens is 1. The molecule has 0 aliphatic heterocycles. The molecule has 3 heterocycles. The van der Waals surface area contributed by atoms with Crippen LogP contribution in [0.1, 0.15) is 16.1 Å². The Bertz CT molecular complexity index is 1100. The maximum Gasteiger partial charge on any atom is 0.302 e. The third-order valence-electron chi connectivity index (χ3n) is 3.87. The van der Waals surface area contributed by atoms with Gasteiger partial charge in [0, 0.05) is 7.11 Å². The van der Waals surface area contributed by atoms with Gasteiger partial charge in [-0.3, -0.25) is 15.2 Å². The van der Waals surface area contributed by atoms with E-state index in [2.05, 4.69) is 30.5 Å². The second-order valence-corrected chi connectivity index (χ2v) is 5.57. The number of carbonyl (C=O) groups excluding carboxylic acids is 1. The summed E-state index contributed by atoms with van der Waals surface area (Å²) in [5, 5.41) is 9.50. The highest BCUT2D eigenvalue weighted by Gasteiger charge is 2.19. The number of benzene rings is 1. The Balaban J connectivity index is 1.61. The number of amides is 1. The molecule has 132 valence electrons. The molecule has 0 atom stereocenters. The minimum Gasteiger partial charge on any atom is -0.423 e. The SMILES string of the molecule is COCCc1ccc2oc(NC(=O)c3[nH]nc4ncnc(N)c34)nc2c1. The number of fused-ring (bicyclic) bond motifs is 2. The van der Waals surface area contributed by atoms with Gasteiger partial charge in [0.15, 0.2) is 11.2 Å². The quantitative estimate of drug-likeness (QED) is 0.489. The minimum absolute atomic E-state index is 0.0760. The second kappa shape index (κ2) is 6.41. The number of nitrogens with one attached hydrogen (secondary N) is 2. The van der Waals surface area contributed by atoms with Gasteiger partial charge in [0.25, 0.3) is 5.91 Å². The first-order valence-electron chi connectivity index (χ1n) is 7.80. The highest BCUT2D eigenvalue weighted by molar-refractivity contribution is 6.12. The number of aromatic nitrogens is 5. The summed E-state index contributed by atoms with van der Waals surface area (Å²) >= 11 is 0. The maximum atomic E-state index is 12.5. The Kier molecular flexibility index (Phi) is 3.93. The predicted octanol–water partition coefficient (Wildman–Crippen LogP) is 1.52. The second-order valence-electron chi connectivity index (χ2n) is 5.57. The molecule has 4 rings (SSSR count). The van der Waals surface area contributed by atoms with Crippen LogP contribution in [0, 0.1) is 0 Å². The number of nitrogen functional groups attached to an aromatic ring is 1. The molecule has 26 heavy (non-hydrogen) atoms. The number of anilines is 2. The monoisotopic (exact) mass is 353 g/mol. The van der Waals surface area contributed by atoms with Gasteiger partial charge in [-0.2, -0.15) is 10.1 Å². The first-order valence-corrected chi connectivity index (χ1v) is 7.80. The van der Waals surface area contributed by atoms with E-state index in [-0.39, 0.29) is 17.5 Å². The molecular formula is C16H15N7O3. The third kappa shape index (κ3) is 2.82. The summed E-state index contributed by atoms with van der Waals surface area (Å²) in [6.45, 7) is 0.614. The van der Waals surface area contributed by atoms with E-state index >= 15 is 0 Å². The molecule has 0 fully saturated rings. The van der Waals surface area contributed by atoms with Crippen LogP contribution in [0.15, 0.2) is 28.9 Å². The molecule has 0 aliphatic rings. The van der Waals surface area contributed by atoms with Crippen LogP contribution in [-0.2, 0) is 11.2 Å². The van der Waals surface area contributed by atoms with Crippen molar-refractivity contribution in [3.05, 3.63) is 35.8 Å². The Morgan fingerprint density at radius 3 is 3.12 bits per heavy atom. The summed E-state index contributed by atoms with van der Waals surface area (Å²) in [7, 11) is 1.65. The average molecular weight is 353 g/mol. The van der Waals surface area contributed by atoms with Crippen LogP contribution in [-0.4, -0.2) is 44.8 Å². The Morgan fingerprint density at radius 2 is 2.27 bits per heavy atom. The van der Waals surface area contributed by atoms with Gasteiger partial charge in [-0.05, 0) is 24.1 Å². The molecule has 4 N–H and O–H groups in total. The molecule has 10 heteroatoms. The normalized spacial score (nSPS) is 11.3. The van der Waals surface area contributed by atoms with E-state index in [0.29, 0.717) is 28.7 Å². The number of hydrogen-bond donors (Lipinski definition) is 3. The average Bonchev–Trinajstić information content (AvgIpc) is 3.23. The highest BCUT2D eigenvalue weighted by Crippen LogP contribution is 2.23. The highest BCUT2D eigenvalue weighted by atomic mass is 16.5. The molecule has 3 aromatic heterocycles. The molecule has 1 aromatic carbocycles. The predicted molar refractivity (Wildman–Crippen MR) is 93.6 cm³/mol. The van der Waals surface area contributed by atoms with Gasteiger partial charge in [-0.25, -0.2) is 9.97 Å². The molecule has 0 saturated heterocycles. The molecule has 0 unspecified atom stereocenters. The molecule has 0 saturated carbocycles. The van der Waals surface area contributed by atoms with Crippen molar-refractivity contribution in [2.24, 2.45) is 0 Å². The van der Waals surface area contributed by atoms with Crippen LogP contribution in [0.5, 0.6) is 0 Å². The number of hydrogen-bond acceptors (Lipinski definition) is 8. The van der Waals surface area contributed by atoms with Gasteiger partial charge >= 0.3 is 6.01 Å². The molecule has 0 spiro atoms. The molecule has 0 aliphatic carbocycles. The van der Waals surface area contributed by atoms with Crippen molar-refractivity contribution in [3.63, 3.8) is 0 Å². The van der Waals surface area contributed by atoms with E-state index in [4.69, 9.17) is 14.9 Å². The van der Waals surface area contributed by atoms with Gasteiger partial charge < -0.3 is 14.9 Å². The zero-order chi connectivity index (χ0) is 18.1. The fourth-order valence-electron chi connectivity index (χ4n) is 2.60. The number of methoxy groups -OCH3 is 1. The number of oxazole rings is 1. The zero-order valence-corrected chi connectivity index (χ0v) is 13.8. The summed E-state index contributed by atoms with van der Waals surface area (Å²) in [6, 6.07) is 5.70. The maximum absolute atomic E-state index is 12.5. The molecular weight excluding hydrogens is 338 g/mol. The van der Waals surface area contributed by atoms with Crippen LogP contribution in [0.25, 0.3) is 22.1 Å². The number of nitrogens with zero attached hydrogens (tertiary/aromatic N) is 4. The van der Waals surface area contributed by atoms with Gasteiger partial charge in [-0.1, -0.05) is 6.07 Å². The lowest BCUT2D eigenvalue weighted by atomic mass is 10.1. The van der Waals surface area contributed by atoms with E-state index < -0.39 is 5.91 Å². The van der Waals surface area contributed by atoms with Crippen LogP contribution in [0.4, 0.5) is 11.8 Å². The molecule has 0 bridgehead atoms. The molecule has 1 amide bonds. The number of nitrogens with two attached hydrogens (primary N) is 1. The van der Waals surface area contributed by atoms with Crippen molar-refractivity contribution >= 4 is 39.9 Å². The number of carbonyl (C=O) groups is 1. The Labute approximate surface area is 146 Å². The first-order chi connectivity index (χ1) is 12.7. The van der Waals surface area contributed by atoms with Crippen LogP contribution < -0.4 is 11.1 Å². The lowest BCUT2D eigenvalue weighted by molar-refractivity contribution is 0.102. The van der Waals surface area contributed by atoms with E-state index in [1.54, 1.807) is 13.2 Å². The van der Waals surface area contributed by atoms with Gasteiger partial charge in [-0.15, -0.1) is 0 Å². The smallest absolute Gasteiger partial charge is 0.302 e. The number of rotatable bonds is 5. The summed E-state index contributed by atoms with van der Waals surface area (Å²) in [6.07, 6.45) is 2.04. The van der Waals surface area contributed by atoms with Gasteiger partial charge in [0.1, 0.15) is 23.4 Å². The van der Waals surface area contributed by atoms with E-state index in [9.17, 15) is 4.79 Å². The van der Waals surface area contributed by atoms with Crippen molar-refractivity contribution in [1.82, 2.24) is 25.1 Å². The van der Waals surface area contributed by atoms with Crippen LogP contribution in [0.2, 0.25) is 0 Å². The van der Waals surface area contributed by atoms with Gasteiger partial charge in [0.2, 0.25) is 0 Å². The summed E-state index contributed by atoms with van der Waals surface area (Å²) in [4.78, 5) is 24.6. The van der Waals surface area contributed by atoms with Crippen molar-refractivity contribution in [1.29, 1.82) is 0 Å². The zero-order valence-electron chi connectivity index (χ0n) is 13.8. The summed E-state index contributed by atoms with van der Waals surface area (Å²) in [5.74, 6) is -0.339. The topological polar surface area (TPSA) is 145 Å². The summed E-state index contributed by atoms with van der Waals surface area (Å²) in [5.41, 5.74) is 8.54. The van der Waals surface area contributed by atoms with Gasteiger partial charge in [0.05, 0.1) is 12.0 Å². The van der Waals surface area contributed by atoms with Crippen molar-refractivity contribution in [3.8, 4) is 0 Å².